The van der Waals surface area contributed by atoms with E-state index in [4.69, 9.17) is 5.26 Å². The zero-order valence-electron chi connectivity index (χ0n) is 12.4. The molecule has 2 rings (SSSR count). The minimum Gasteiger partial charge on any atom is -0.388 e. The molecule has 1 atom stereocenters. The summed E-state index contributed by atoms with van der Waals surface area (Å²) in [4.78, 5) is 13.7. The summed E-state index contributed by atoms with van der Waals surface area (Å²) in [6.45, 7) is 0.450. The summed E-state index contributed by atoms with van der Waals surface area (Å²) in [5.41, 5.74) is 2.28. The largest absolute Gasteiger partial charge is 0.388 e. The zero-order valence-corrected chi connectivity index (χ0v) is 12.4. The van der Waals surface area contributed by atoms with Gasteiger partial charge in [0.1, 0.15) is 0 Å². The smallest absolute Gasteiger partial charge is 0.225 e. The maximum Gasteiger partial charge on any atom is 0.225 e. The highest BCUT2D eigenvalue weighted by atomic mass is 16.3. The summed E-state index contributed by atoms with van der Waals surface area (Å²) in [5, 5.41) is 18.9. The Hall–Kier alpha value is -2.64. The van der Waals surface area contributed by atoms with Crippen molar-refractivity contribution >= 4 is 5.91 Å². The monoisotopic (exact) mass is 294 g/mol. The highest BCUT2D eigenvalue weighted by molar-refractivity contribution is 5.76. The summed E-state index contributed by atoms with van der Waals surface area (Å²) < 4.78 is 0. The summed E-state index contributed by atoms with van der Waals surface area (Å²) in [7, 11) is 1.71. The van der Waals surface area contributed by atoms with Crippen molar-refractivity contribution in [1.82, 2.24) is 4.90 Å². The second kappa shape index (κ2) is 7.39. The molecule has 0 aromatic heterocycles. The van der Waals surface area contributed by atoms with Crippen LogP contribution in [0.3, 0.4) is 0 Å². The van der Waals surface area contributed by atoms with Crippen LogP contribution in [0.15, 0.2) is 54.6 Å². The molecule has 1 unspecified atom stereocenters. The number of aliphatic hydroxyl groups is 1. The van der Waals surface area contributed by atoms with E-state index >= 15 is 0 Å². The number of nitriles is 1. The molecule has 4 heteroatoms. The van der Waals surface area contributed by atoms with Gasteiger partial charge in [0.15, 0.2) is 0 Å². The number of benzene rings is 2. The Morgan fingerprint density at radius 3 is 2.41 bits per heavy atom. The summed E-state index contributed by atoms with van der Waals surface area (Å²) in [6, 6.07) is 18.3. The van der Waals surface area contributed by atoms with Crippen molar-refractivity contribution in [3.63, 3.8) is 0 Å². The highest BCUT2D eigenvalue weighted by Crippen LogP contribution is 2.17. The Balaban J connectivity index is 1.93. The second-order valence-corrected chi connectivity index (χ2v) is 5.19. The standard InChI is InChI=1S/C18H18N2O2/c1-20(13-15-9-7-14(12-19)8-10-15)18(22)11-17(21)16-5-3-2-4-6-16/h2-10,17,21H,11,13H2,1H3. The van der Waals surface area contributed by atoms with Gasteiger partial charge >= 0.3 is 0 Å². The molecular weight excluding hydrogens is 276 g/mol. The van der Waals surface area contributed by atoms with Gasteiger partial charge in [-0.3, -0.25) is 4.79 Å². The van der Waals surface area contributed by atoms with Crippen LogP contribution in [-0.2, 0) is 11.3 Å². The molecule has 22 heavy (non-hydrogen) atoms. The summed E-state index contributed by atoms with van der Waals surface area (Å²) in [6.07, 6.45) is -0.742. The molecule has 0 radical (unpaired) electrons. The van der Waals surface area contributed by atoms with Gasteiger partial charge in [-0.05, 0) is 23.3 Å². The fourth-order valence-electron chi connectivity index (χ4n) is 2.16. The number of amides is 1. The fourth-order valence-corrected chi connectivity index (χ4v) is 2.16. The first-order chi connectivity index (χ1) is 10.6. The van der Waals surface area contributed by atoms with E-state index in [2.05, 4.69) is 6.07 Å². The Morgan fingerprint density at radius 2 is 1.82 bits per heavy atom. The number of hydrogen-bond donors (Lipinski definition) is 1. The van der Waals surface area contributed by atoms with Crippen LogP contribution in [0.4, 0.5) is 0 Å². The van der Waals surface area contributed by atoms with E-state index in [9.17, 15) is 9.90 Å². The first-order valence-corrected chi connectivity index (χ1v) is 7.06. The number of nitrogens with zero attached hydrogens (tertiary/aromatic N) is 2. The third-order valence-electron chi connectivity index (χ3n) is 3.48. The molecule has 0 spiro atoms. The lowest BCUT2D eigenvalue weighted by Gasteiger charge is -2.19. The number of aliphatic hydroxyl groups excluding tert-OH is 1. The molecule has 1 amide bonds. The molecule has 1 N–H and O–H groups in total. The fraction of sp³-hybridized carbons (Fsp3) is 0.222. The predicted octanol–water partition coefficient (Wildman–Crippen LogP) is 2.64. The Bertz CT molecular complexity index is 660. The molecule has 2 aromatic rings. The van der Waals surface area contributed by atoms with E-state index in [-0.39, 0.29) is 12.3 Å². The van der Waals surface area contributed by atoms with Crippen LogP contribution in [-0.4, -0.2) is 23.0 Å². The molecule has 0 aliphatic carbocycles. The van der Waals surface area contributed by atoms with Crippen LogP contribution in [0.2, 0.25) is 0 Å². The van der Waals surface area contributed by atoms with E-state index in [0.717, 1.165) is 11.1 Å². The first kappa shape index (κ1) is 15.7. The van der Waals surface area contributed by atoms with Gasteiger partial charge < -0.3 is 10.0 Å². The molecule has 2 aromatic carbocycles. The van der Waals surface area contributed by atoms with Gasteiger partial charge in [0.05, 0.1) is 24.2 Å². The number of rotatable bonds is 5. The van der Waals surface area contributed by atoms with Gasteiger partial charge in [-0.1, -0.05) is 42.5 Å². The van der Waals surface area contributed by atoms with Gasteiger partial charge in [0, 0.05) is 13.6 Å². The van der Waals surface area contributed by atoms with Gasteiger partial charge in [-0.25, -0.2) is 0 Å². The van der Waals surface area contributed by atoms with Crippen LogP contribution in [0.5, 0.6) is 0 Å². The SMILES string of the molecule is CN(Cc1ccc(C#N)cc1)C(=O)CC(O)c1ccccc1. The third-order valence-corrected chi connectivity index (χ3v) is 3.48. The van der Waals surface area contributed by atoms with Gasteiger partial charge in [0.2, 0.25) is 5.91 Å². The van der Waals surface area contributed by atoms with E-state index in [1.165, 1.54) is 0 Å². The van der Waals surface area contributed by atoms with Gasteiger partial charge in [-0.15, -0.1) is 0 Å². The molecule has 0 aliphatic rings. The quantitative estimate of drug-likeness (QED) is 0.922. The summed E-state index contributed by atoms with van der Waals surface area (Å²) in [5.74, 6) is -0.124. The van der Waals surface area contributed by atoms with Crippen LogP contribution in [0, 0.1) is 11.3 Å². The Morgan fingerprint density at radius 1 is 1.18 bits per heavy atom. The molecule has 0 aliphatic heterocycles. The zero-order chi connectivity index (χ0) is 15.9. The highest BCUT2D eigenvalue weighted by Gasteiger charge is 2.16. The average molecular weight is 294 g/mol. The second-order valence-electron chi connectivity index (χ2n) is 5.19. The topological polar surface area (TPSA) is 64.3 Å². The van der Waals surface area contributed by atoms with Gasteiger partial charge in [0.25, 0.3) is 0 Å². The third kappa shape index (κ3) is 4.18. The van der Waals surface area contributed by atoms with Crippen molar-refractivity contribution in [2.24, 2.45) is 0 Å². The minimum absolute atomic E-state index is 0.0524. The lowest BCUT2D eigenvalue weighted by atomic mass is 10.1. The molecule has 0 fully saturated rings. The van der Waals surface area contributed by atoms with Crippen LogP contribution >= 0.6 is 0 Å². The van der Waals surface area contributed by atoms with Crippen molar-refractivity contribution < 1.29 is 9.90 Å². The lowest BCUT2D eigenvalue weighted by Crippen LogP contribution is -2.27. The summed E-state index contributed by atoms with van der Waals surface area (Å²) >= 11 is 0. The van der Waals surface area contributed by atoms with Crippen molar-refractivity contribution in [3.8, 4) is 6.07 Å². The van der Waals surface area contributed by atoms with E-state index < -0.39 is 6.10 Å². The average Bonchev–Trinajstić information content (AvgIpc) is 2.56. The van der Waals surface area contributed by atoms with Crippen LogP contribution in [0.25, 0.3) is 0 Å². The maximum atomic E-state index is 12.2. The molecule has 112 valence electrons. The molecular formula is C18H18N2O2. The number of hydrogen-bond acceptors (Lipinski definition) is 3. The van der Waals surface area contributed by atoms with Crippen LogP contribution < -0.4 is 0 Å². The lowest BCUT2D eigenvalue weighted by molar-refractivity contribution is -0.132. The van der Waals surface area contributed by atoms with Crippen molar-refractivity contribution in [2.75, 3.05) is 7.05 Å². The van der Waals surface area contributed by atoms with Crippen molar-refractivity contribution in [3.05, 3.63) is 71.3 Å². The van der Waals surface area contributed by atoms with Crippen molar-refractivity contribution in [2.45, 2.75) is 19.1 Å². The molecule has 4 nitrogen and oxygen atoms in total. The molecule has 0 bridgehead atoms. The molecule has 0 saturated carbocycles. The van der Waals surface area contributed by atoms with E-state index in [1.54, 1.807) is 36.2 Å². The van der Waals surface area contributed by atoms with E-state index in [0.29, 0.717) is 12.1 Å². The van der Waals surface area contributed by atoms with Crippen LogP contribution in [0.1, 0.15) is 29.2 Å². The number of carbonyl (C=O) groups is 1. The Kier molecular flexibility index (Phi) is 5.29. The normalized spacial score (nSPS) is 11.5. The first-order valence-electron chi connectivity index (χ1n) is 7.06. The van der Waals surface area contributed by atoms with Gasteiger partial charge in [-0.2, -0.15) is 5.26 Å². The Labute approximate surface area is 130 Å². The van der Waals surface area contributed by atoms with E-state index in [1.807, 2.05) is 30.3 Å². The van der Waals surface area contributed by atoms with Crippen molar-refractivity contribution in [1.29, 1.82) is 5.26 Å². The molecule has 0 heterocycles. The minimum atomic E-state index is -0.794. The molecule has 0 saturated heterocycles. The number of carbonyl (C=O) groups excluding carboxylic acids is 1. The maximum absolute atomic E-state index is 12.2. The predicted molar refractivity (Wildman–Crippen MR) is 83.6 cm³/mol.